The van der Waals surface area contributed by atoms with Crippen LogP contribution in [0.15, 0.2) is 18.2 Å². The van der Waals surface area contributed by atoms with Gasteiger partial charge >= 0.3 is 7.12 Å². The van der Waals surface area contributed by atoms with Gasteiger partial charge in [0.1, 0.15) is 0 Å². The van der Waals surface area contributed by atoms with E-state index in [9.17, 15) is 5.11 Å². The molecule has 0 saturated carbocycles. The second-order valence-electron chi connectivity index (χ2n) is 5.72. The summed E-state index contributed by atoms with van der Waals surface area (Å²) >= 11 is 0. The lowest BCUT2D eigenvalue weighted by molar-refractivity contribution is 0.00578. The zero-order chi connectivity index (χ0) is 14.3. The van der Waals surface area contributed by atoms with Crippen LogP contribution in [-0.2, 0) is 9.31 Å². The van der Waals surface area contributed by atoms with Crippen molar-refractivity contribution < 1.29 is 19.2 Å². The van der Waals surface area contributed by atoms with Crippen LogP contribution in [0.25, 0.3) is 0 Å². The standard InChI is InChI=1S/C14H21BO4/c1-6-17-11-9-7-8-10(12(11)16)15-18-13(2,3)14(4,5)19-15/h7-9,16H,6H2,1-5H3. The first-order chi connectivity index (χ1) is 8.78. The van der Waals surface area contributed by atoms with Crippen LogP contribution in [0.2, 0.25) is 0 Å². The molecular weight excluding hydrogens is 243 g/mol. The van der Waals surface area contributed by atoms with Crippen molar-refractivity contribution in [2.45, 2.75) is 45.8 Å². The van der Waals surface area contributed by atoms with Crippen LogP contribution < -0.4 is 10.2 Å². The van der Waals surface area contributed by atoms with E-state index in [-0.39, 0.29) is 5.75 Å². The summed E-state index contributed by atoms with van der Waals surface area (Å²) in [6.45, 7) is 10.3. The Hall–Kier alpha value is -1.20. The average Bonchev–Trinajstić information content (AvgIpc) is 2.51. The van der Waals surface area contributed by atoms with E-state index in [1.807, 2.05) is 40.7 Å². The van der Waals surface area contributed by atoms with Crippen molar-refractivity contribution in [3.05, 3.63) is 18.2 Å². The number of benzene rings is 1. The van der Waals surface area contributed by atoms with E-state index >= 15 is 0 Å². The third kappa shape index (κ3) is 2.45. The van der Waals surface area contributed by atoms with E-state index in [0.717, 1.165) is 0 Å². The molecule has 1 aliphatic rings. The summed E-state index contributed by atoms with van der Waals surface area (Å²) in [5.74, 6) is 0.539. The van der Waals surface area contributed by atoms with Crippen molar-refractivity contribution in [3.8, 4) is 11.5 Å². The van der Waals surface area contributed by atoms with E-state index in [4.69, 9.17) is 14.0 Å². The smallest absolute Gasteiger partial charge is 0.498 e. The number of hydrogen-bond donors (Lipinski definition) is 1. The van der Waals surface area contributed by atoms with Crippen LogP contribution >= 0.6 is 0 Å². The molecule has 1 fully saturated rings. The fourth-order valence-electron chi connectivity index (χ4n) is 1.97. The summed E-state index contributed by atoms with van der Waals surface area (Å²) in [5, 5.41) is 10.2. The molecule has 0 aliphatic carbocycles. The van der Waals surface area contributed by atoms with Gasteiger partial charge in [0.25, 0.3) is 0 Å². The Labute approximate surface area is 114 Å². The molecule has 1 saturated heterocycles. The lowest BCUT2D eigenvalue weighted by Crippen LogP contribution is -2.41. The van der Waals surface area contributed by atoms with Crippen LogP contribution in [0.5, 0.6) is 11.5 Å². The highest BCUT2D eigenvalue weighted by molar-refractivity contribution is 6.63. The first kappa shape index (κ1) is 14.2. The molecule has 1 heterocycles. The largest absolute Gasteiger partial charge is 0.505 e. The van der Waals surface area contributed by atoms with Gasteiger partial charge in [-0.05, 0) is 40.7 Å². The predicted octanol–water partition coefficient (Wildman–Crippen LogP) is 2.09. The van der Waals surface area contributed by atoms with Gasteiger partial charge in [0.05, 0.1) is 17.8 Å². The predicted molar refractivity (Wildman–Crippen MR) is 75.0 cm³/mol. The highest BCUT2D eigenvalue weighted by atomic mass is 16.7. The van der Waals surface area contributed by atoms with Crippen molar-refractivity contribution in [3.63, 3.8) is 0 Å². The zero-order valence-electron chi connectivity index (χ0n) is 12.2. The minimum atomic E-state index is -0.578. The molecule has 0 radical (unpaired) electrons. The van der Waals surface area contributed by atoms with E-state index in [0.29, 0.717) is 17.8 Å². The minimum Gasteiger partial charge on any atom is -0.505 e. The summed E-state index contributed by atoms with van der Waals surface area (Å²) < 4.78 is 17.2. The molecule has 0 unspecified atom stereocenters. The van der Waals surface area contributed by atoms with Gasteiger partial charge in [-0.1, -0.05) is 12.1 Å². The zero-order valence-corrected chi connectivity index (χ0v) is 12.2. The third-order valence-electron chi connectivity index (χ3n) is 3.84. The van der Waals surface area contributed by atoms with Gasteiger partial charge in [0.2, 0.25) is 0 Å². The van der Waals surface area contributed by atoms with Gasteiger partial charge in [0.15, 0.2) is 11.5 Å². The van der Waals surface area contributed by atoms with E-state index in [1.54, 1.807) is 12.1 Å². The highest BCUT2D eigenvalue weighted by Gasteiger charge is 2.52. The van der Waals surface area contributed by atoms with Crippen molar-refractivity contribution in [1.29, 1.82) is 0 Å². The molecule has 1 aromatic rings. The summed E-state index contributed by atoms with van der Waals surface area (Å²) in [6, 6.07) is 5.35. The molecule has 104 valence electrons. The van der Waals surface area contributed by atoms with Crippen molar-refractivity contribution in [2.24, 2.45) is 0 Å². The Morgan fingerprint density at radius 2 is 1.74 bits per heavy atom. The summed E-state index contributed by atoms with van der Waals surface area (Å²) in [5.41, 5.74) is -0.248. The van der Waals surface area contributed by atoms with Crippen LogP contribution in [0.4, 0.5) is 0 Å². The normalized spacial score (nSPS) is 20.6. The Morgan fingerprint density at radius 3 is 2.26 bits per heavy atom. The Bertz CT molecular complexity index is 455. The number of para-hydroxylation sites is 1. The molecule has 0 atom stereocenters. The molecule has 0 amide bonds. The number of rotatable bonds is 3. The topological polar surface area (TPSA) is 47.9 Å². The Balaban J connectivity index is 2.32. The van der Waals surface area contributed by atoms with E-state index in [2.05, 4.69) is 0 Å². The van der Waals surface area contributed by atoms with Gasteiger partial charge in [0, 0.05) is 5.46 Å². The second kappa shape index (κ2) is 4.73. The molecule has 19 heavy (non-hydrogen) atoms. The van der Waals surface area contributed by atoms with Crippen molar-refractivity contribution in [1.82, 2.24) is 0 Å². The third-order valence-corrected chi connectivity index (χ3v) is 3.84. The fraction of sp³-hybridized carbons (Fsp3) is 0.571. The number of hydrogen-bond acceptors (Lipinski definition) is 4. The maximum atomic E-state index is 10.2. The maximum Gasteiger partial charge on any atom is 0.498 e. The summed E-state index contributed by atoms with van der Waals surface area (Å²) in [7, 11) is -0.578. The molecule has 0 aromatic heterocycles. The number of phenolic OH excluding ortho intramolecular Hbond substituents is 1. The lowest BCUT2D eigenvalue weighted by atomic mass is 9.78. The molecule has 5 heteroatoms. The van der Waals surface area contributed by atoms with Gasteiger partial charge in [-0.25, -0.2) is 0 Å². The van der Waals surface area contributed by atoms with E-state index < -0.39 is 18.3 Å². The van der Waals surface area contributed by atoms with Crippen LogP contribution in [0, 0.1) is 0 Å². The molecule has 2 rings (SSSR count). The number of aromatic hydroxyl groups is 1. The van der Waals surface area contributed by atoms with Gasteiger partial charge in [-0.2, -0.15) is 0 Å². The van der Waals surface area contributed by atoms with Crippen LogP contribution in [0.1, 0.15) is 34.6 Å². The molecule has 1 aliphatic heterocycles. The van der Waals surface area contributed by atoms with Gasteiger partial charge in [-0.15, -0.1) is 0 Å². The Kier molecular flexibility index (Phi) is 3.54. The fourth-order valence-corrected chi connectivity index (χ4v) is 1.97. The molecular formula is C14H21BO4. The SMILES string of the molecule is CCOc1cccc(B2OC(C)(C)C(C)(C)O2)c1O. The van der Waals surface area contributed by atoms with Crippen molar-refractivity contribution >= 4 is 12.6 Å². The minimum absolute atomic E-state index is 0.0860. The van der Waals surface area contributed by atoms with Gasteiger partial charge < -0.3 is 19.2 Å². The molecule has 0 spiro atoms. The molecule has 4 nitrogen and oxygen atoms in total. The highest BCUT2D eigenvalue weighted by Crippen LogP contribution is 2.37. The maximum absolute atomic E-state index is 10.2. The molecule has 0 bridgehead atoms. The first-order valence-corrected chi connectivity index (χ1v) is 6.59. The number of ether oxygens (including phenoxy) is 1. The molecule has 1 N–H and O–H groups in total. The van der Waals surface area contributed by atoms with Crippen molar-refractivity contribution in [2.75, 3.05) is 6.61 Å². The number of phenols is 1. The monoisotopic (exact) mass is 264 g/mol. The average molecular weight is 264 g/mol. The first-order valence-electron chi connectivity index (χ1n) is 6.59. The van der Waals surface area contributed by atoms with E-state index in [1.165, 1.54) is 0 Å². The summed E-state index contributed by atoms with van der Waals surface area (Å²) in [4.78, 5) is 0. The lowest BCUT2D eigenvalue weighted by Gasteiger charge is -2.32. The summed E-state index contributed by atoms with van der Waals surface area (Å²) in [6.07, 6.45) is 0. The van der Waals surface area contributed by atoms with Crippen LogP contribution in [-0.4, -0.2) is 30.0 Å². The van der Waals surface area contributed by atoms with Gasteiger partial charge in [-0.3, -0.25) is 0 Å². The molecule has 1 aromatic carbocycles. The quantitative estimate of drug-likeness (QED) is 0.849. The Morgan fingerprint density at radius 1 is 1.16 bits per heavy atom. The van der Waals surface area contributed by atoms with Crippen LogP contribution in [0.3, 0.4) is 0 Å². The second-order valence-corrected chi connectivity index (χ2v) is 5.72.